The molecule has 0 aliphatic carbocycles. The first-order chi connectivity index (χ1) is 8.99. The van der Waals surface area contributed by atoms with E-state index >= 15 is 0 Å². The minimum atomic E-state index is -0.465. The van der Waals surface area contributed by atoms with Crippen LogP contribution in [-0.2, 0) is 0 Å². The Morgan fingerprint density at radius 3 is 2.95 bits per heavy atom. The fraction of sp³-hybridized carbons (Fsp3) is 0.0769. The van der Waals surface area contributed by atoms with E-state index in [-0.39, 0.29) is 16.4 Å². The molecule has 1 aromatic heterocycles. The van der Waals surface area contributed by atoms with Crippen LogP contribution in [0, 0.1) is 12.7 Å². The molecule has 0 bridgehead atoms. The highest BCUT2D eigenvalue weighted by Crippen LogP contribution is 2.21. The van der Waals surface area contributed by atoms with Gasteiger partial charge in [-0.3, -0.25) is 4.79 Å². The van der Waals surface area contributed by atoms with Crippen molar-refractivity contribution in [1.82, 2.24) is 4.98 Å². The van der Waals surface area contributed by atoms with Crippen LogP contribution in [0.3, 0.4) is 0 Å². The van der Waals surface area contributed by atoms with E-state index in [9.17, 15) is 9.18 Å². The molecule has 0 saturated heterocycles. The summed E-state index contributed by atoms with van der Waals surface area (Å²) in [4.78, 5) is 15.8. The second kappa shape index (κ2) is 5.24. The van der Waals surface area contributed by atoms with Gasteiger partial charge in [0.1, 0.15) is 11.6 Å². The molecular weight excluding hydrogens is 269 g/mol. The second-order valence-electron chi connectivity index (χ2n) is 3.96. The summed E-state index contributed by atoms with van der Waals surface area (Å²) in [6.45, 7) is 1.58. The number of pyridine rings is 1. The van der Waals surface area contributed by atoms with Crippen molar-refractivity contribution in [2.75, 3.05) is 11.1 Å². The Morgan fingerprint density at radius 1 is 1.47 bits per heavy atom. The van der Waals surface area contributed by atoms with E-state index in [2.05, 4.69) is 10.3 Å². The topological polar surface area (TPSA) is 68.0 Å². The Labute approximate surface area is 114 Å². The molecule has 1 amide bonds. The molecule has 3 N–H and O–H groups in total. The number of carbonyl (C=O) groups is 1. The van der Waals surface area contributed by atoms with Crippen LogP contribution in [0.5, 0.6) is 0 Å². The van der Waals surface area contributed by atoms with Gasteiger partial charge in [0.2, 0.25) is 0 Å². The summed E-state index contributed by atoms with van der Waals surface area (Å²) in [6.07, 6.45) is 1.30. The van der Waals surface area contributed by atoms with Crippen LogP contribution < -0.4 is 11.1 Å². The van der Waals surface area contributed by atoms with Crippen molar-refractivity contribution in [3.8, 4) is 0 Å². The standard InChI is InChI=1S/C13H11ClFN3O/c1-7-10(15)3-2-4-11(7)18-13(19)8-5-12(16)17-6-9(8)14/h2-6H,1H3,(H2,16,17)(H,18,19). The van der Waals surface area contributed by atoms with Crippen molar-refractivity contribution in [2.45, 2.75) is 6.92 Å². The number of nitrogens with two attached hydrogens (primary N) is 1. The van der Waals surface area contributed by atoms with Crippen LogP contribution >= 0.6 is 11.6 Å². The Morgan fingerprint density at radius 2 is 2.21 bits per heavy atom. The van der Waals surface area contributed by atoms with E-state index in [0.29, 0.717) is 11.3 Å². The number of aromatic nitrogens is 1. The molecule has 4 nitrogen and oxygen atoms in total. The summed E-state index contributed by atoms with van der Waals surface area (Å²) < 4.78 is 13.4. The molecule has 0 aliphatic heterocycles. The molecule has 1 heterocycles. The second-order valence-corrected chi connectivity index (χ2v) is 4.36. The van der Waals surface area contributed by atoms with Crippen molar-refractivity contribution in [3.05, 3.63) is 52.4 Å². The Kier molecular flexibility index (Phi) is 3.66. The molecule has 0 radical (unpaired) electrons. The first-order valence-corrected chi connectivity index (χ1v) is 5.84. The molecule has 98 valence electrons. The lowest BCUT2D eigenvalue weighted by molar-refractivity contribution is 0.102. The van der Waals surface area contributed by atoms with Gasteiger partial charge in [0, 0.05) is 17.4 Å². The number of halogens is 2. The number of nitrogen functional groups attached to an aromatic ring is 1. The van der Waals surface area contributed by atoms with Crippen LogP contribution in [0.15, 0.2) is 30.5 Å². The summed E-state index contributed by atoms with van der Waals surface area (Å²) in [7, 11) is 0. The molecule has 0 saturated carbocycles. The molecule has 19 heavy (non-hydrogen) atoms. The third kappa shape index (κ3) is 2.82. The van der Waals surface area contributed by atoms with Crippen LogP contribution in [0.25, 0.3) is 0 Å². The van der Waals surface area contributed by atoms with Crippen molar-refractivity contribution < 1.29 is 9.18 Å². The lowest BCUT2D eigenvalue weighted by Gasteiger charge is -2.10. The van der Waals surface area contributed by atoms with E-state index < -0.39 is 11.7 Å². The molecule has 1 aromatic carbocycles. The van der Waals surface area contributed by atoms with E-state index in [0.717, 1.165) is 0 Å². The molecule has 0 spiro atoms. The van der Waals surface area contributed by atoms with Gasteiger partial charge in [-0.05, 0) is 25.1 Å². The number of anilines is 2. The minimum absolute atomic E-state index is 0.181. The molecule has 0 unspecified atom stereocenters. The van der Waals surface area contributed by atoms with Gasteiger partial charge < -0.3 is 11.1 Å². The maximum absolute atomic E-state index is 13.4. The first-order valence-electron chi connectivity index (χ1n) is 5.46. The lowest BCUT2D eigenvalue weighted by Crippen LogP contribution is -2.14. The highest BCUT2D eigenvalue weighted by atomic mass is 35.5. The zero-order valence-corrected chi connectivity index (χ0v) is 10.8. The van der Waals surface area contributed by atoms with Gasteiger partial charge in [-0.25, -0.2) is 9.37 Å². The fourth-order valence-electron chi connectivity index (χ4n) is 1.56. The third-order valence-electron chi connectivity index (χ3n) is 2.64. The van der Waals surface area contributed by atoms with Gasteiger partial charge in [-0.1, -0.05) is 17.7 Å². The Bertz CT molecular complexity index is 646. The number of nitrogens with one attached hydrogen (secondary N) is 1. The summed E-state index contributed by atoms with van der Waals surface area (Å²) in [6, 6.07) is 5.81. The Balaban J connectivity index is 2.31. The number of benzene rings is 1. The lowest BCUT2D eigenvalue weighted by atomic mass is 10.1. The van der Waals surface area contributed by atoms with Crippen LogP contribution in [0.1, 0.15) is 15.9 Å². The summed E-state index contributed by atoms with van der Waals surface area (Å²) >= 11 is 5.88. The number of amides is 1. The molecule has 0 aliphatic rings. The summed E-state index contributed by atoms with van der Waals surface area (Å²) in [5.41, 5.74) is 6.44. The normalized spacial score (nSPS) is 10.3. The van der Waals surface area contributed by atoms with Gasteiger partial charge >= 0.3 is 0 Å². The van der Waals surface area contributed by atoms with Crippen molar-refractivity contribution in [3.63, 3.8) is 0 Å². The third-order valence-corrected chi connectivity index (χ3v) is 2.94. The molecular formula is C13H11ClFN3O. The van der Waals surface area contributed by atoms with E-state index in [1.165, 1.54) is 24.4 Å². The molecule has 2 rings (SSSR count). The highest BCUT2D eigenvalue weighted by molar-refractivity contribution is 6.34. The average Bonchev–Trinajstić information content (AvgIpc) is 2.38. The largest absolute Gasteiger partial charge is 0.384 e. The predicted molar refractivity (Wildman–Crippen MR) is 72.7 cm³/mol. The monoisotopic (exact) mass is 279 g/mol. The minimum Gasteiger partial charge on any atom is -0.384 e. The van der Waals surface area contributed by atoms with Crippen molar-refractivity contribution in [2.24, 2.45) is 0 Å². The van der Waals surface area contributed by atoms with Crippen LogP contribution in [0.4, 0.5) is 15.9 Å². The average molecular weight is 280 g/mol. The molecule has 0 fully saturated rings. The number of hydrogen-bond acceptors (Lipinski definition) is 3. The van der Waals surface area contributed by atoms with E-state index in [1.54, 1.807) is 13.0 Å². The van der Waals surface area contributed by atoms with Gasteiger partial charge in [-0.15, -0.1) is 0 Å². The quantitative estimate of drug-likeness (QED) is 0.888. The van der Waals surface area contributed by atoms with E-state index in [4.69, 9.17) is 17.3 Å². The molecule has 2 aromatic rings. The highest BCUT2D eigenvalue weighted by Gasteiger charge is 2.13. The van der Waals surface area contributed by atoms with E-state index in [1.807, 2.05) is 0 Å². The number of nitrogens with zero attached hydrogens (tertiary/aromatic N) is 1. The van der Waals surface area contributed by atoms with Crippen molar-refractivity contribution in [1.29, 1.82) is 0 Å². The smallest absolute Gasteiger partial charge is 0.257 e. The van der Waals surface area contributed by atoms with Gasteiger partial charge in [0.05, 0.1) is 10.6 Å². The first kappa shape index (κ1) is 13.3. The molecule has 0 atom stereocenters. The zero-order valence-electron chi connectivity index (χ0n) is 10.1. The van der Waals surface area contributed by atoms with Crippen molar-refractivity contribution >= 4 is 29.0 Å². The number of rotatable bonds is 2. The Hall–Kier alpha value is -2.14. The van der Waals surface area contributed by atoms with Gasteiger partial charge in [-0.2, -0.15) is 0 Å². The number of hydrogen-bond donors (Lipinski definition) is 2. The fourth-order valence-corrected chi connectivity index (χ4v) is 1.75. The maximum Gasteiger partial charge on any atom is 0.257 e. The maximum atomic E-state index is 13.4. The van der Waals surface area contributed by atoms with Crippen LogP contribution in [0.2, 0.25) is 5.02 Å². The molecule has 6 heteroatoms. The van der Waals surface area contributed by atoms with Gasteiger partial charge in [0.15, 0.2) is 0 Å². The number of carbonyl (C=O) groups excluding carboxylic acids is 1. The van der Waals surface area contributed by atoms with Crippen LogP contribution in [-0.4, -0.2) is 10.9 Å². The van der Waals surface area contributed by atoms with Gasteiger partial charge in [0.25, 0.3) is 5.91 Å². The zero-order chi connectivity index (χ0) is 14.0. The summed E-state index contributed by atoms with van der Waals surface area (Å²) in [5.74, 6) is -0.670. The summed E-state index contributed by atoms with van der Waals surface area (Å²) in [5, 5.41) is 2.77. The predicted octanol–water partition coefficient (Wildman–Crippen LogP) is 3.02. The SMILES string of the molecule is Cc1c(F)cccc1NC(=O)c1cc(N)ncc1Cl.